The topological polar surface area (TPSA) is 153 Å². The molecule has 0 aliphatic heterocycles. The van der Waals surface area contributed by atoms with Gasteiger partial charge in [-0.3, -0.25) is 9.59 Å². The molecule has 0 fully saturated rings. The number of nitrogens with two attached hydrogens (primary N) is 2. The molecule has 0 aromatic carbocycles. The van der Waals surface area contributed by atoms with Gasteiger partial charge < -0.3 is 26.7 Å². The molecule has 1 amide bonds. The van der Waals surface area contributed by atoms with Crippen molar-refractivity contribution in [2.75, 3.05) is 6.54 Å². The number of carboxylic acids is 1. The zero-order valence-electron chi connectivity index (χ0n) is 23.8. The van der Waals surface area contributed by atoms with Gasteiger partial charge >= 0.3 is 5.97 Å². The Hall–Kier alpha value is -2.06. The fraction of sp³-hybridized carbons (Fsp3) is 0.800. The predicted molar refractivity (Wildman–Crippen MR) is 154 cm³/mol. The molecule has 1 unspecified atom stereocenters. The summed E-state index contributed by atoms with van der Waals surface area (Å²) < 4.78 is 0. The number of ketones is 1. The molecule has 8 heteroatoms. The first-order chi connectivity index (χ1) is 18.4. The highest BCUT2D eigenvalue weighted by Gasteiger charge is 2.30. The summed E-state index contributed by atoms with van der Waals surface area (Å²) in [6, 6.07) is -2.14. The molecule has 0 aliphatic rings. The van der Waals surface area contributed by atoms with Crippen molar-refractivity contribution in [1.82, 2.24) is 5.32 Å². The zero-order valence-corrected chi connectivity index (χ0v) is 23.8. The number of hydrogen-bond acceptors (Lipinski definition) is 6. The maximum atomic E-state index is 12.5. The van der Waals surface area contributed by atoms with Crippen LogP contribution in [0.2, 0.25) is 0 Å². The number of allylic oxidation sites excluding steroid dienone is 2. The Morgan fingerprint density at radius 3 is 1.89 bits per heavy atom. The van der Waals surface area contributed by atoms with E-state index < -0.39 is 29.8 Å². The van der Waals surface area contributed by atoms with E-state index in [9.17, 15) is 24.3 Å². The molecule has 6 N–H and O–H groups in total. The molecular weight excluding hydrogens is 482 g/mol. The number of amides is 1. The lowest BCUT2D eigenvalue weighted by Gasteiger charge is -2.20. The molecule has 0 heterocycles. The Balaban J connectivity index is 4.02. The van der Waals surface area contributed by atoms with Crippen LogP contribution in [0, 0.1) is 5.92 Å². The Labute approximate surface area is 230 Å². The standard InChI is InChI=1S/C30H55N3O5/c1-2-3-4-5-6-7-8-9-10-11-12-13-14-15-16-17-21-28(35)33-27(30(37)38)23-25(24-34)29(36)26(32)20-18-19-22-31/h9-10,24-27H,2-8,11-23,31-32H2,1H3,(H,33,35)(H,37,38)/b10-9-/t25?,26-,27-/m0/s1. The van der Waals surface area contributed by atoms with E-state index in [0.717, 1.165) is 32.1 Å². The molecule has 38 heavy (non-hydrogen) atoms. The third kappa shape index (κ3) is 20.0. The third-order valence-electron chi connectivity index (χ3n) is 6.90. The van der Waals surface area contributed by atoms with Crippen molar-refractivity contribution in [3.05, 3.63) is 12.2 Å². The number of Topliss-reactive ketones (excluding diaryl/α,β-unsaturated/α-hetero) is 1. The Morgan fingerprint density at radius 1 is 0.816 bits per heavy atom. The van der Waals surface area contributed by atoms with E-state index in [0.29, 0.717) is 32.1 Å². The van der Waals surface area contributed by atoms with Gasteiger partial charge in [0, 0.05) is 6.42 Å². The number of aldehydes is 1. The van der Waals surface area contributed by atoms with E-state index in [-0.39, 0.29) is 18.7 Å². The van der Waals surface area contributed by atoms with E-state index in [2.05, 4.69) is 24.4 Å². The first-order valence-electron chi connectivity index (χ1n) is 15.0. The summed E-state index contributed by atoms with van der Waals surface area (Å²) in [5.74, 6) is -3.30. The molecule has 220 valence electrons. The van der Waals surface area contributed by atoms with Crippen molar-refractivity contribution in [3.8, 4) is 0 Å². The summed E-state index contributed by atoms with van der Waals surface area (Å²) in [4.78, 5) is 47.8. The van der Waals surface area contributed by atoms with E-state index >= 15 is 0 Å². The van der Waals surface area contributed by atoms with Gasteiger partial charge in [0.1, 0.15) is 12.3 Å². The normalized spacial score (nSPS) is 13.8. The monoisotopic (exact) mass is 537 g/mol. The van der Waals surface area contributed by atoms with Crippen LogP contribution in [0.5, 0.6) is 0 Å². The number of hydrogen-bond donors (Lipinski definition) is 4. The average Bonchev–Trinajstić information content (AvgIpc) is 2.90. The number of unbranched alkanes of at least 4 members (excludes halogenated alkanes) is 13. The van der Waals surface area contributed by atoms with Crippen LogP contribution < -0.4 is 16.8 Å². The predicted octanol–water partition coefficient (Wildman–Crippen LogP) is 5.21. The van der Waals surface area contributed by atoms with Gasteiger partial charge in [-0.1, -0.05) is 83.3 Å². The van der Waals surface area contributed by atoms with Crippen molar-refractivity contribution in [3.63, 3.8) is 0 Å². The number of carboxylic acid groups (broad SMARTS) is 1. The number of rotatable bonds is 27. The van der Waals surface area contributed by atoms with E-state index in [1.807, 2.05) is 0 Å². The summed E-state index contributed by atoms with van der Waals surface area (Å²) in [5.41, 5.74) is 11.3. The van der Waals surface area contributed by atoms with Gasteiger partial charge in [-0.2, -0.15) is 0 Å². The van der Waals surface area contributed by atoms with Gasteiger partial charge in [0.25, 0.3) is 0 Å². The molecule has 0 aromatic rings. The summed E-state index contributed by atoms with van der Waals surface area (Å²) in [6.45, 7) is 2.73. The molecule has 0 rings (SSSR count). The molecule has 0 saturated heterocycles. The van der Waals surface area contributed by atoms with E-state index in [4.69, 9.17) is 11.5 Å². The second-order valence-corrected chi connectivity index (χ2v) is 10.4. The highest BCUT2D eigenvalue weighted by atomic mass is 16.4. The Kier molecular flexibility index (Phi) is 23.9. The molecule has 0 aliphatic carbocycles. The largest absolute Gasteiger partial charge is 0.480 e. The van der Waals surface area contributed by atoms with Crippen LogP contribution >= 0.6 is 0 Å². The maximum absolute atomic E-state index is 12.5. The lowest BCUT2D eigenvalue weighted by atomic mass is 9.90. The van der Waals surface area contributed by atoms with E-state index in [1.165, 1.54) is 57.8 Å². The lowest BCUT2D eigenvalue weighted by molar-refractivity contribution is -0.143. The van der Waals surface area contributed by atoms with Crippen molar-refractivity contribution >= 4 is 23.9 Å². The van der Waals surface area contributed by atoms with Crippen molar-refractivity contribution in [2.24, 2.45) is 17.4 Å². The minimum absolute atomic E-state index is 0.225. The van der Waals surface area contributed by atoms with Crippen LogP contribution in [0.1, 0.15) is 129 Å². The van der Waals surface area contributed by atoms with Crippen molar-refractivity contribution < 1.29 is 24.3 Å². The highest BCUT2D eigenvalue weighted by molar-refractivity contribution is 5.97. The van der Waals surface area contributed by atoms with Gasteiger partial charge in [-0.15, -0.1) is 0 Å². The van der Waals surface area contributed by atoms with Gasteiger partial charge in [0.2, 0.25) is 5.91 Å². The number of aliphatic carboxylic acids is 1. The number of carbonyl (C=O) groups excluding carboxylic acids is 3. The fourth-order valence-electron chi connectivity index (χ4n) is 4.44. The molecular formula is C30H55N3O5. The SMILES string of the molecule is CCCCCCCC/C=C\CCCCCCCCC(=O)N[C@@H](CC(C=O)C(=O)[C@@H](N)CCCCN)C(=O)O. The van der Waals surface area contributed by atoms with Gasteiger partial charge in [0.05, 0.1) is 12.0 Å². The summed E-state index contributed by atoms with van der Waals surface area (Å²) in [7, 11) is 0. The fourth-order valence-corrected chi connectivity index (χ4v) is 4.44. The number of carbonyl (C=O) groups is 4. The van der Waals surface area contributed by atoms with Crippen LogP contribution in [-0.2, 0) is 19.2 Å². The van der Waals surface area contributed by atoms with Crippen LogP contribution in [0.25, 0.3) is 0 Å². The molecule has 0 saturated carbocycles. The van der Waals surface area contributed by atoms with Crippen molar-refractivity contribution in [2.45, 2.75) is 141 Å². The first-order valence-corrected chi connectivity index (χ1v) is 15.0. The second-order valence-electron chi connectivity index (χ2n) is 10.4. The molecule has 8 nitrogen and oxygen atoms in total. The molecule has 0 radical (unpaired) electrons. The Morgan fingerprint density at radius 2 is 1.37 bits per heavy atom. The molecule has 0 spiro atoms. The lowest BCUT2D eigenvalue weighted by Crippen LogP contribution is -2.45. The maximum Gasteiger partial charge on any atom is 0.326 e. The first kappa shape index (κ1) is 35.9. The van der Waals surface area contributed by atoms with Gasteiger partial charge in [-0.25, -0.2) is 4.79 Å². The third-order valence-corrected chi connectivity index (χ3v) is 6.90. The summed E-state index contributed by atoms with van der Waals surface area (Å²) in [5, 5.41) is 11.9. The van der Waals surface area contributed by atoms with Crippen LogP contribution in [0.15, 0.2) is 12.2 Å². The van der Waals surface area contributed by atoms with E-state index in [1.54, 1.807) is 0 Å². The second kappa shape index (κ2) is 25.2. The summed E-state index contributed by atoms with van der Waals surface area (Å²) >= 11 is 0. The van der Waals surface area contributed by atoms with Crippen LogP contribution in [-0.4, -0.2) is 47.7 Å². The van der Waals surface area contributed by atoms with Crippen LogP contribution in [0.4, 0.5) is 0 Å². The minimum atomic E-state index is -1.30. The Bertz CT molecular complexity index is 668. The number of nitrogens with one attached hydrogen (secondary N) is 1. The van der Waals surface area contributed by atoms with Gasteiger partial charge in [0.15, 0.2) is 5.78 Å². The molecule has 0 aromatic heterocycles. The highest BCUT2D eigenvalue weighted by Crippen LogP contribution is 2.13. The smallest absolute Gasteiger partial charge is 0.326 e. The quantitative estimate of drug-likeness (QED) is 0.0485. The van der Waals surface area contributed by atoms with Crippen LogP contribution in [0.3, 0.4) is 0 Å². The summed E-state index contributed by atoms with van der Waals surface area (Å²) in [6.07, 6.45) is 23.2. The minimum Gasteiger partial charge on any atom is -0.480 e. The molecule has 3 atom stereocenters. The average molecular weight is 538 g/mol. The van der Waals surface area contributed by atoms with Gasteiger partial charge in [-0.05, 0) is 57.9 Å². The van der Waals surface area contributed by atoms with Crippen molar-refractivity contribution in [1.29, 1.82) is 0 Å². The zero-order chi connectivity index (χ0) is 28.4. The molecule has 0 bridgehead atoms.